The van der Waals surface area contributed by atoms with E-state index in [9.17, 15) is 4.79 Å². The van der Waals surface area contributed by atoms with E-state index in [-0.39, 0.29) is 5.91 Å². The molecule has 0 saturated carbocycles. The third kappa shape index (κ3) is 4.59. The molecule has 112 valence electrons. The van der Waals surface area contributed by atoms with Crippen LogP contribution in [-0.4, -0.2) is 55.5 Å². The Morgan fingerprint density at radius 2 is 2.14 bits per heavy atom. The van der Waals surface area contributed by atoms with E-state index in [1.807, 2.05) is 31.3 Å². The summed E-state index contributed by atoms with van der Waals surface area (Å²) in [6, 6.07) is 7.42. The quantitative estimate of drug-likeness (QED) is 0.845. The Morgan fingerprint density at radius 1 is 1.38 bits per heavy atom. The molecule has 1 aliphatic heterocycles. The van der Waals surface area contributed by atoms with Crippen molar-refractivity contribution in [2.45, 2.75) is 12.8 Å². The van der Waals surface area contributed by atoms with Gasteiger partial charge in [0.1, 0.15) is 0 Å². The van der Waals surface area contributed by atoms with Gasteiger partial charge in [-0.05, 0) is 44.1 Å². The first kappa shape index (κ1) is 15.6. The van der Waals surface area contributed by atoms with E-state index in [4.69, 9.17) is 5.73 Å². The molecule has 2 rings (SSSR count). The maximum atomic E-state index is 12.4. The maximum absolute atomic E-state index is 12.4. The van der Waals surface area contributed by atoms with Crippen LogP contribution in [0, 0.1) is 11.8 Å². The number of benzene rings is 1. The highest BCUT2D eigenvalue weighted by molar-refractivity contribution is 5.94. The maximum Gasteiger partial charge on any atom is 0.253 e. The standard InChI is InChI=1S/C17H23N3O/c1-19(12-13-20-10-2-3-11-20)17(21)16-8-4-6-15(14-16)7-5-9-18/h4,6,8,14H,2-3,9-13,18H2,1H3. The Labute approximate surface area is 126 Å². The van der Waals surface area contributed by atoms with E-state index in [1.165, 1.54) is 12.8 Å². The highest BCUT2D eigenvalue weighted by Gasteiger charge is 2.15. The van der Waals surface area contributed by atoms with Crippen LogP contribution in [0.15, 0.2) is 24.3 Å². The topological polar surface area (TPSA) is 49.6 Å². The number of rotatable bonds is 4. The smallest absolute Gasteiger partial charge is 0.253 e. The molecule has 1 aromatic carbocycles. The van der Waals surface area contributed by atoms with Gasteiger partial charge in [0.2, 0.25) is 0 Å². The summed E-state index contributed by atoms with van der Waals surface area (Å²) >= 11 is 0. The molecule has 4 nitrogen and oxygen atoms in total. The summed E-state index contributed by atoms with van der Waals surface area (Å²) in [6.07, 6.45) is 2.55. The normalized spacial score (nSPS) is 14.6. The highest BCUT2D eigenvalue weighted by atomic mass is 16.2. The second-order valence-corrected chi connectivity index (χ2v) is 5.36. The van der Waals surface area contributed by atoms with Crippen molar-refractivity contribution in [3.8, 4) is 11.8 Å². The first-order valence-corrected chi connectivity index (χ1v) is 7.47. The third-order valence-electron chi connectivity index (χ3n) is 3.74. The largest absolute Gasteiger partial charge is 0.340 e. The predicted octanol–water partition coefficient (Wildman–Crippen LogP) is 1.16. The Morgan fingerprint density at radius 3 is 2.86 bits per heavy atom. The number of likely N-dealkylation sites (N-methyl/N-ethyl adjacent to an activating group) is 1. The van der Waals surface area contributed by atoms with E-state index in [0.717, 1.165) is 31.7 Å². The van der Waals surface area contributed by atoms with Crippen LogP contribution in [-0.2, 0) is 0 Å². The average molecular weight is 285 g/mol. The Balaban J connectivity index is 1.94. The summed E-state index contributed by atoms with van der Waals surface area (Å²) in [5.74, 6) is 5.82. The van der Waals surface area contributed by atoms with Crippen LogP contribution in [0.2, 0.25) is 0 Å². The van der Waals surface area contributed by atoms with Gasteiger partial charge in [-0.15, -0.1) is 0 Å². The van der Waals surface area contributed by atoms with E-state index in [2.05, 4.69) is 16.7 Å². The van der Waals surface area contributed by atoms with Crippen molar-refractivity contribution in [1.29, 1.82) is 0 Å². The van der Waals surface area contributed by atoms with Gasteiger partial charge in [-0.25, -0.2) is 0 Å². The Bertz CT molecular complexity index is 538. The van der Waals surface area contributed by atoms with Gasteiger partial charge < -0.3 is 15.5 Å². The van der Waals surface area contributed by atoms with Crippen LogP contribution in [0.3, 0.4) is 0 Å². The highest BCUT2D eigenvalue weighted by Crippen LogP contribution is 2.09. The fourth-order valence-corrected chi connectivity index (χ4v) is 2.50. The zero-order chi connectivity index (χ0) is 15.1. The molecular weight excluding hydrogens is 262 g/mol. The second kappa shape index (κ2) is 7.82. The summed E-state index contributed by atoms with van der Waals surface area (Å²) in [4.78, 5) is 16.6. The lowest BCUT2D eigenvalue weighted by molar-refractivity contribution is 0.0782. The zero-order valence-electron chi connectivity index (χ0n) is 12.6. The van der Waals surface area contributed by atoms with Crippen molar-refractivity contribution in [3.63, 3.8) is 0 Å². The summed E-state index contributed by atoms with van der Waals surface area (Å²) in [5, 5.41) is 0. The number of carbonyl (C=O) groups is 1. The molecule has 0 aliphatic carbocycles. The predicted molar refractivity (Wildman–Crippen MR) is 85.0 cm³/mol. The number of nitrogens with zero attached hydrogens (tertiary/aromatic N) is 2. The van der Waals surface area contributed by atoms with Crippen molar-refractivity contribution in [1.82, 2.24) is 9.80 Å². The lowest BCUT2D eigenvalue weighted by Crippen LogP contribution is -2.35. The van der Waals surface area contributed by atoms with Crippen LogP contribution in [0.1, 0.15) is 28.8 Å². The van der Waals surface area contributed by atoms with Crippen LogP contribution < -0.4 is 5.73 Å². The van der Waals surface area contributed by atoms with Crippen molar-refractivity contribution in [3.05, 3.63) is 35.4 Å². The Hall–Kier alpha value is -1.83. The van der Waals surface area contributed by atoms with Crippen molar-refractivity contribution in [2.75, 3.05) is 39.8 Å². The van der Waals surface area contributed by atoms with Crippen LogP contribution in [0.25, 0.3) is 0 Å². The van der Waals surface area contributed by atoms with E-state index in [1.54, 1.807) is 4.90 Å². The molecule has 2 N–H and O–H groups in total. The Kier molecular flexibility index (Phi) is 5.79. The molecule has 0 aromatic heterocycles. The molecule has 1 aromatic rings. The summed E-state index contributed by atoms with van der Waals surface area (Å²) < 4.78 is 0. The van der Waals surface area contributed by atoms with Crippen LogP contribution >= 0.6 is 0 Å². The molecule has 0 bridgehead atoms. The minimum atomic E-state index is 0.0468. The number of hydrogen-bond donors (Lipinski definition) is 1. The van der Waals surface area contributed by atoms with Gasteiger partial charge in [0.25, 0.3) is 5.91 Å². The first-order chi connectivity index (χ1) is 10.2. The van der Waals surface area contributed by atoms with Crippen LogP contribution in [0.4, 0.5) is 0 Å². The van der Waals surface area contributed by atoms with E-state index >= 15 is 0 Å². The summed E-state index contributed by atoms with van der Waals surface area (Å²) in [5.41, 5.74) is 6.88. The fraction of sp³-hybridized carbons (Fsp3) is 0.471. The SMILES string of the molecule is CN(CCN1CCCC1)C(=O)c1cccc(C#CCN)c1. The summed E-state index contributed by atoms with van der Waals surface area (Å²) in [7, 11) is 1.86. The van der Waals surface area contributed by atoms with Gasteiger partial charge in [0.05, 0.1) is 6.54 Å². The monoisotopic (exact) mass is 285 g/mol. The van der Waals surface area contributed by atoms with Crippen molar-refractivity contribution in [2.24, 2.45) is 5.73 Å². The second-order valence-electron chi connectivity index (χ2n) is 5.36. The zero-order valence-corrected chi connectivity index (χ0v) is 12.6. The molecule has 1 heterocycles. The summed E-state index contributed by atoms with van der Waals surface area (Å²) in [6.45, 7) is 4.36. The molecule has 0 radical (unpaired) electrons. The van der Waals surface area contributed by atoms with Crippen molar-refractivity contribution < 1.29 is 4.79 Å². The first-order valence-electron chi connectivity index (χ1n) is 7.47. The number of hydrogen-bond acceptors (Lipinski definition) is 3. The number of amides is 1. The fourth-order valence-electron chi connectivity index (χ4n) is 2.50. The molecular formula is C17H23N3O. The van der Waals surface area contributed by atoms with Gasteiger partial charge in [-0.2, -0.15) is 0 Å². The number of likely N-dealkylation sites (tertiary alicyclic amines) is 1. The molecule has 1 fully saturated rings. The molecule has 4 heteroatoms. The number of carbonyl (C=O) groups excluding carboxylic acids is 1. The third-order valence-corrected chi connectivity index (χ3v) is 3.74. The van der Waals surface area contributed by atoms with E-state index in [0.29, 0.717) is 12.1 Å². The van der Waals surface area contributed by atoms with Gasteiger partial charge in [-0.1, -0.05) is 17.9 Å². The molecule has 1 saturated heterocycles. The molecule has 0 spiro atoms. The average Bonchev–Trinajstić information content (AvgIpc) is 3.03. The van der Waals surface area contributed by atoms with Gasteiger partial charge in [0, 0.05) is 31.3 Å². The molecule has 21 heavy (non-hydrogen) atoms. The minimum absolute atomic E-state index is 0.0468. The lowest BCUT2D eigenvalue weighted by Gasteiger charge is -2.21. The van der Waals surface area contributed by atoms with Gasteiger partial charge >= 0.3 is 0 Å². The lowest BCUT2D eigenvalue weighted by atomic mass is 10.1. The number of nitrogens with two attached hydrogens (primary N) is 1. The van der Waals surface area contributed by atoms with E-state index < -0.39 is 0 Å². The van der Waals surface area contributed by atoms with Gasteiger partial charge in [-0.3, -0.25) is 4.79 Å². The molecule has 1 aliphatic rings. The molecule has 0 atom stereocenters. The van der Waals surface area contributed by atoms with Crippen molar-refractivity contribution >= 4 is 5.91 Å². The molecule has 1 amide bonds. The van der Waals surface area contributed by atoms with Gasteiger partial charge in [0.15, 0.2) is 0 Å². The minimum Gasteiger partial charge on any atom is -0.340 e. The molecule has 0 unspecified atom stereocenters. The van der Waals surface area contributed by atoms with Crippen LogP contribution in [0.5, 0.6) is 0 Å².